The molecule has 0 saturated heterocycles. The maximum absolute atomic E-state index is 13.1. The highest BCUT2D eigenvalue weighted by atomic mass is 16.5. The fraction of sp³-hybridized carbons (Fsp3) is 0.308. The molecule has 0 fully saturated rings. The van der Waals surface area contributed by atoms with Gasteiger partial charge < -0.3 is 19.3 Å². The summed E-state index contributed by atoms with van der Waals surface area (Å²) in [6.07, 6.45) is 7.08. The van der Waals surface area contributed by atoms with E-state index in [4.69, 9.17) is 9.47 Å². The Hall–Kier alpha value is -3.94. The predicted octanol–water partition coefficient (Wildman–Crippen LogP) is 3.58. The molecule has 3 heterocycles. The summed E-state index contributed by atoms with van der Waals surface area (Å²) in [4.78, 5) is 37.8. The first-order chi connectivity index (χ1) is 16.6. The van der Waals surface area contributed by atoms with E-state index in [1.54, 1.807) is 59.7 Å². The monoisotopic (exact) mass is 460 g/mol. The van der Waals surface area contributed by atoms with E-state index in [-0.39, 0.29) is 17.7 Å². The Bertz CT molecular complexity index is 1120. The van der Waals surface area contributed by atoms with E-state index in [0.29, 0.717) is 49.7 Å². The van der Waals surface area contributed by atoms with Crippen LogP contribution in [0, 0.1) is 0 Å². The summed E-state index contributed by atoms with van der Waals surface area (Å²) in [7, 11) is 1.72. The molecule has 0 N–H and O–H groups in total. The van der Waals surface area contributed by atoms with Gasteiger partial charge in [0.05, 0.1) is 6.54 Å². The lowest BCUT2D eigenvalue weighted by molar-refractivity contribution is -0.131. The molecule has 4 rings (SSSR count). The molecular formula is C26H28N4O4. The quantitative estimate of drug-likeness (QED) is 0.592. The first-order valence-electron chi connectivity index (χ1n) is 11.4. The number of benzene rings is 1. The highest BCUT2D eigenvalue weighted by Crippen LogP contribution is 2.32. The third kappa shape index (κ3) is 5.89. The van der Waals surface area contributed by atoms with Crippen LogP contribution in [-0.4, -0.2) is 64.9 Å². The van der Waals surface area contributed by atoms with E-state index in [1.807, 2.05) is 24.3 Å². The number of carbonyl (C=O) groups excluding carboxylic acids is 2. The molecule has 176 valence electrons. The minimum absolute atomic E-state index is 0.0416. The minimum atomic E-state index is -0.217. The molecule has 0 spiro atoms. The van der Waals surface area contributed by atoms with Crippen molar-refractivity contribution in [2.75, 3.05) is 33.3 Å². The van der Waals surface area contributed by atoms with Crippen LogP contribution in [0.2, 0.25) is 0 Å². The molecule has 2 aromatic heterocycles. The third-order valence-electron chi connectivity index (χ3n) is 5.69. The molecule has 8 nitrogen and oxygen atoms in total. The Kier molecular flexibility index (Phi) is 7.70. The number of aryl methyl sites for hydroxylation is 1. The zero-order valence-corrected chi connectivity index (χ0v) is 19.2. The summed E-state index contributed by atoms with van der Waals surface area (Å²) < 4.78 is 11.9. The number of carbonyl (C=O) groups is 2. The Morgan fingerprint density at radius 1 is 0.971 bits per heavy atom. The number of rotatable bonds is 4. The van der Waals surface area contributed by atoms with Crippen LogP contribution >= 0.6 is 0 Å². The van der Waals surface area contributed by atoms with Crippen molar-refractivity contribution in [2.24, 2.45) is 0 Å². The second-order valence-corrected chi connectivity index (χ2v) is 8.07. The number of fused-ring (bicyclic) bond motifs is 2. The van der Waals surface area contributed by atoms with Gasteiger partial charge in [-0.15, -0.1) is 0 Å². The summed E-state index contributed by atoms with van der Waals surface area (Å²) in [6.45, 7) is 1.52. The average Bonchev–Trinajstić information content (AvgIpc) is 2.87. The topological polar surface area (TPSA) is 84.9 Å². The Balaban J connectivity index is 1.50. The number of likely N-dealkylation sites (N-methyl/N-ethyl adjacent to an activating group) is 1. The first kappa shape index (κ1) is 23.2. The Labute approximate surface area is 199 Å². The van der Waals surface area contributed by atoms with Crippen LogP contribution in [0.3, 0.4) is 0 Å². The number of nitrogens with zero attached hydrogens (tertiary/aromatic N) is 4. The highest BCUT2D eigenvalue weighted by Gasteiger charge is 2.22. The third-order valence-corrected chi connectivity index (χ3v) is 5.69. The van der Waals surface area contributed by atoms with Crippen molar-refractivity contribution >= 4 is 11.8 Å². The van der Waals surface area contributed by atoms with E-state index in [9.17, 15) is 9.59 Å². The van der Waals surface area contributed by atoms with Crippen LogP contribution in [-0.2, 0) is 11.2 Å². The van der Waals surface area contributed by atoms with Gasteiger partial charge in [0.15, 0.2) is 11.5 Å². The van der Waals surface area contributed by atoms with Gasteiger partial charge in [-0.05, 0) is 54.8 Å². The number of aromatic nitrogens is 2. The molecule has 2 amide bonds. The van der Waals surface area contributed by atoms with Crippen LogP contribution in [0.5, 0.6) is 17.4 Å². The molecule has 0 aliphatic carbocycles. The van der Waals surface area contributed by atoms with E-state index >= 15 is 0 Å². The minimum Gasteiger partial charge on any atom is -0.488 e. The maximum atomic E-state index is 13.1. The fourth-order valence-corrected chi connectivity index (χ4v) is 3.75. The average molecular weight is 461 g/mol. The van der Waals surface area contributed by atoms with Gasteiger partial charge in [-0.2, -0.15) is 0 Å². The second-order valence-electron chi connectivity index (χ2n) is 8.07. The summed E-state index contributed by atoms with van der Waals surface area (Å²) >= 11 is 0. The van der Waals surface area contributed by atoms with Gasteiger partial charge in [-0.1, -0.05) is 12.1 Å². The van der Waals surface area contributed by atoms with E-state index in [0.717, 1.165) is 18.4 Å². The fourth-order valence-electron chi connectivity index (χ4n) is 3.75. The summed E-state index contributed by atoms with van der Waals surface area (Å²) in [6, 6.07) is 14.6. The van der Waals surface area contributed by atoms with Gasteiger partial charge in [-0.25, -0.2) is 4.98 Å². The predicted molar refractivity (Wildman–Crippen MR) is 127 cm³/mol. The number of hydrogen-bond acceptors (Lipinski definition) is 6. The van der Waals surface area contributed by atoms with Crippen molar-refractivity contribution < 1.29 is 19.1 Å². The normalized spacial score (nSPS) is 14.4. The largest absolute Gasteiger partial charge is 0.488 e. The maximum Gasteiger partial charge on any atom is 0.259 e. The standard InChI is InChI=1S/C26H28N4O4/c1-29-16-17-30(24(31)10-4-6-20-11-14-27-15-12-20)18-19-33-22-8-2-3-9-23(22)34-25-21(26(29)32)7-5-13-28-25/h2-3,5,7-9,11-15H,4,6,10,16-19H2,1H3. The molecular weight excluding hydrogens is 432 g/mol. The molecule has 0 unspecified atom stereocenters. The van der Waals surface area contributed by atoms with Gasteiger partial charge in [-0.3, -0.25) is 14.6 Å². The molecule has 1 aromatic carbocycles. The van der Waals surface area contributed by atoms with Gasteiger partial charge in [0.25, 0.3) is 5.91 Å². The van der Waals surface area contributed by atoms with Gasteiger partial charge in [0, 0.05) is 45.1 Å². The lowest BCUT2D eigenvalue weighted by Gasteiger charge is -2.26. The van der Waals surface area contributed by atoms with Crippen molar-refractivity contribution in [2.45, 2.75) is 19.3 Å². The molecule has 0 bridgehead atoms. The summed E-state index contributed by atoms with van der Waals surface area (Å²) in [5, 5.41) is 0. The molecule has 0 radical (unpaired) electrons. The van der Waals surface area contributed by atoms with Crippen LogP contribution in [0.1, 0.15) is 28.8 Å². The second kappa shape index (κ2) is 11.3. The zero-order chi connectivity index (χ0) is 23.8. The lowest BCUT2D eigenvalue weighted by atomic mass is 10.1. The van der Waals surface area contributed by atoms with Crippen molar-refractivity contribution in [3.63, 3.8) is 0 Å². The molecule has 0 atom stereocenters. The molecule has 0 saturated carbocycles. The lowest BCUT2D eigenvalue weighted by Crippen LogP contribution is -2.41. The van der Waals surface area contributed by atoms with Crippen LogP contribution in [0.15, 0.2) is 67.1 Å². The number of hydrogen-bond donors (Lipinski definition) is 0. The van der Waals surface area contributed by atoms with Crippen molar-refractivity contribution in [3.05, 3.63) is 78.2 Å². The van der Waals surface area contributed by atoms with Crippen LogP contribution in [0.4, 0.5) is 0 Å². The number of para-hydroxylation sites is 2. The molecule has 3 aromatic rings. The van der Waals surface area contributed by atoms with E-state index in [1.165, 1.54) is 0 Å². The molecule has 1 aliphatic rings. The zero-order valence-electron chi connectivity index (χ0n) is 19.2. The number of pyridine rings is 2. The van der Waals surface area contributed by atoms with E-state index < -0.39 is 0 Å². The summed E-state index contributed by atoms with van der Waals surface area (Å²) in [5.74, 6) is 1.04. The van der Waals surface area contributed by atoms with Crippen molar-refractivity contribution in [1.82, 2.24) is 19.8 Å². The molecule has 1 aliphatic heterocycles. The van der Waals surface area contributed by atoms with Gasteiger partial charge >= 0.3 is 0 Å². The SMILES string of the molecule is CN1CCN(C(=O)CCCc2ccncc2)CCOc2ccccc2Oc2ncccc2C1=O. The Morgan fingerprint density at radius 2 is 1.76 bits per heavy atom. The molecule has 8 heteroatoms. The first-order valence-corrected chi connectivity index (χ1v) is 11.4. The van der Waals surface area contributed by atoms with Crippen LogP contribution < -0.4 is 9.47 Å². The Morgan fingerprint density at radius 3 is 2.59 bits per heavy atom. The number of amides is 2. The smallest absolute Gasteiger partial charge is 0.259 e. The van der Waals surface area contributed by atoms with Gasteiger partial charge in [0.1, 0.15) is 12.2 Å². The highest BCUT2D eigenvalue weighted by molar-refractivity contribution is 5.96. The van der Waals surface area contributed by atoms with E-state index in [2.05, 4.69) is 9.97 Å². The van der Waals surface area contributed by atoms with Crippen molar-refractivity contribution in [1.29, 1.82) is 0 Å². The van der Waals surface area contributed by atoms with Crippen LogP contribution in [0.25, 0.3) is 0 Å². The summed E-state index contributed by atoms with van der Waals surface area (Å²) in [5.41, 5.74) is 1.51. The molecule has 34 heavy (non-hydrogen) atoms. The number of ether oxygens (including phenoxy) is 2. The van der Waals surface area contributed by atoms with Crippen molar-refractivity contribution in [3.8, 4) is 17.4 Å². The van der Waals surface area contributed by atoms with Gasteiger partial charge in [0.2, 0.25) is 11.8 Å².